The third-order valence-corrected chi connectivity index (χ3v) is 4.03. The minimum Gasteiger partial charge on any atom is -0.388 e. The van der Waals surface area contributed by atoms with Crippen molar-refractivity contribution < 1.29 is 28.1 Å². The molecule has 0 radical (unpaired) electrons. The fourth-order valence-electron chi connectivity index (χ4n) is 2.47. The molecule has 5 unspecified atom stereocenters. The molecule has 130 valence electrons. The first-order valence-corrected chi connectivity index (χ1v) is 7.37. The molecule has 0 bridgehead atoms. The maximum atomic E-state index is 12.6. The highest BCUT2D eigenvalue weighted by Crippen LogP contribution is 2.28. The highest BCUT2D eigenvalue weighted by Gasteiger charge is 2.40. The first kappa shape index (κ1) is 17.9. The van der Waals surface area contributed by atoms with Crippen molar-refractivity contribution in [2.24, 2.45) is 5.92 Å². The van der Waals surface area contributed by atoms with Gasteiger partial charge in [-0.25, -0.2) is 4.98 Å². The molecule has 23 heavy (non-hydrogen) atoms. The number of aromatic nitrogens is 2. The Balaban J connectivity index is 2.07. The maximum Gasteiger partial charge on any atom is 0.434 e. The van der Waals surface area contributed by atoms with Crippen LogP contribution in [0.1, 0.15) is 26.0 Å². The summed E-state index contributed by atoms with van der Waals surface area (Å²) in [6.45, 7) is 3.88. The lowest BCUT2D eigenvalue weighted by atomic mass is 9.89. The largest absolute Gasteiger partial charge is 0.434 e. The van der Waals surface area contributed by atoms with E-state index in [-0.39, 0.29) is 18.3 Å². The summed E-state index contributed by atoms with van der Waals surface area (Å²) in [5, 5.41) is 23.0. The van der Waals surface area contributed by atoms with Crippen molar-refractivity contribution >= 4 is 5.82 Å². The Morgan fingerprint density at radius 1 is 1.35 bits per heavy atom. The number of halogens is 3. The summed E-state index contributed by atoms with van der Waals surface area (Å²) in [7, 11) is 0. The Kier molecular flexibility index (Phi) is 5.43. The molecule has 1 aliphatic rings. The lowest BCUT2D eigenvalue weighted by molar-refractivity contribution is -0.157. The second-order valence-electron chi connectivity index (χ2n) is 5.70. The third-order valence-electron chi connectivity index (χ3n) is 4.03. The summed E-state index contributed by atoms with van der Waals surface area (Å²) < 4.78 is 43.4. The molecule has 2 heterocycles. The van der Waals surface area contributed by atoms with Gasteiger partial charge in [0.1, 0.15) is 18.0 Å². The van der Waals surface area contributed by atoms with Crippen molar-refractivity contribution in [3.63, 3.8) is 0 Å². The predicted molar refractivity (Wildman–Crippen MR) is 75.7 cm³/mol. The number of hydrogen-bond donors (Lipinski definition) is 3. The summed E-state index contributed by atoms with van der Waals surface area (Å²) in [5.74, 6) is -0.0874. The predicted octanol–water partition coefficient (Wildman–Crippen LogP) is 1.44. The Morgan fingerprint density at radius 2 is 2.04 bits per heavy atom. The quantitative estimate of drug-likeness (QED) is 0.772. The summed E-state index contributed by atoms with van der Waals surface area (Å²) >= 11 is 0. The van der Waals surface area contributed by atoms with Gasteiger partial charge in [-0.05, 0) is 5.92 Å². The Bertz CT molecular complexity index is 529. The van der Waals surface area contributed by atoms with Crippen molar-refractivity contribution in [2.75, 3.05) is 11.9 Å². The maximum absolute atomic E-state index is 12.6. The molecule has 3 N–H and O–H groups in total. The molecule has 0 amide bonds. The minimum absolute atomic E-state index is 0.0468. The fraction of sp³-hybridized carbons (Fsp3) is 0.714. The summed E-state index contributed by atoms with van der Waals surface area (Å²) in [4.78, 5) is 6.91. The molecule has 1 fully saturated rings. The van der Waals surface area contributed by atoms with Crippen LogP contribution in [0.15, 0.2) is 12.4 Å². The summed E-state index contributed by atoms with van der Waals surface area (Å²) in [6, 6.07) is -0.775. The van der Waals surface area contributed by atoms with E-state index >= 15 is 0 Å². The average molecular weight is 335 g/mol. The van der Waals surface area contributed by atoms with Crippen LogP contribution in [0.4, 0.5) is 19.0 Å². The highest BCUT2D eigenvalue weighted by atomic mass is 19.4. The first-order valence-electron chi connectivity index (χ1n) is 7.37. The van der Waals surface area contributed by atoms with Gasteiger partial charge in [0, 0.05) is 0 Å². The van der Waals surface area contributed by atoms with E-state index in [2.05, 4.69) is 15.3 Å². The Hall–Kier alpha value is -1.45. The van der Waals surface area contributed by atoms with E-state index in [4.69, 9.17) is 4.74 Å². The number of alkyl halides is 3. The molecule has 0 aliphatic carbocycles. The third kappa shape index (κ3) is 4.10. The topological polar surface area (TPSA) is 87.5 Å². The number of nitrogens with one attached hydrogen (secondary N) is 1. The van der Waals surface area contributed by atoms with Crippen LogP contribution in [0.2, 0.25) is 0 Å². The van der Waals surface area contributed by atoms with Gasteiger partial charge < -0.3 is 20.3 Å². The first-order chi connectivity index (χ1) is 10.7. The molecule has 0 aromatic carbocycles. The number of nitrogens with zero attached hydrogens (tertiary/aromatic N) is 2. The Labute approximate surface area is 131 Å². The van der Waals surface area contributed by atoms with Crippen LogP contribution in [-0.2, 0) is 10.9 Å². The smallest absolute Gasteiger partial charge is 0.388 e. The molecule has 2 rings (SSSR count). The zero-order chi connectivity index (χ0) is 17.2. The number of rotatable bonds is 4. The second-order valence-corrected chi connectivity index (χ2v) is 5.70. The van der Waals surface area contributed by atoms with E-state index in [9.17, 15) is 23.4 Å². The Morgan fingerprint density at radius 3 is 2.65 bits per heavy atom. The van der Waals surface area contributed by atoms with Crippen molar-refractivity contribution in [1.82, 2.24) is 9.97 Å². The molecule has 1 saturated heterocycles. The van der Waals surface area contributed by atoms with Crippen LogP contribution in [0.3, 0.4) is 0 Å². The fourth-order valence-corrected chi connectivity index (χ4v) is 2.47. The molecule has 9 heteroatoms. The van der Waals surface area contributed by atoms with Crippen LogP contribution in [0.5, 0.6) is 0 Å². The monoisotopic (exact) mass is 335 g/mol. The van der Waals surface area contributed by atoms with Gasteiger partial charge in [-0.2, -0.15) is 13.2 Å². The lowest BCUT2D eigenvalue weighted by Gasteiger charge is -2.40. The molecular weight excluding hydrogens is 315 g/mol. The van der Waals surface area contributed by atoms with Crippen LogP contribution in [0, 0.1) is 5.92 Å². The zero-order valence-corrected chi connectivity index (χ0v) is 12.8. The molecular formula is C14H20F3N3O3. The second kappa shape index (κ2) is 6.98. The van der Waals surface area contributed by atoms with Gasteiger partial charge in [-0.3, -0.25) is 4.98 Å². The summed E-state index contributed by atoms with van der Waals surface area (Å²) in [5.41, 5.74) is -1.13. The van der Waals surface area contributed by atoms with E-state index in [0.717, 1.165) is 12.6 Å². The number of ether oxygens (including phenoxy) is 1. The van der Waals surface area contributed by atoms with Gasteiger partial charge in [-0.15, -0.1) is 0 Å². The van der Waals surface area contributed by atoms with Crippen molar-refractivity contribution in [3.8, 4) is 0 Å². The lowest BCUT2D eigenvalue weighted by Crippen LogP contribution is -2.57. The molecule has 1 aromatic rings. The van der Waals surface area contributed by atoms with Gasteiger partial charge in [0.25, 0.3) is 0 Å². The standard InChI is InChI=1S/C14H20F3N3O3/c1-3-7(2)13-12(22)11(21)8(6-23-13)19-10-5-18-4-9(20-10)14(15,16)17/h4-5,7-8,11-13,21-22H,3,6H2,1-2H3,(H,19,20). The molecule has 1 aliphatic heterocycles. The van der Waals surface area contributed by atoms with Crippen molar-refractivity contribution in [1.29, 1.82) is 0 Å². The van der Waals surface area contributed by atoms with Gasteiger partial charge >= 0.3 is 6.18 Å². The highest BCUT2D eigenvalue weighted by molar-refractivity contribution is 5.34. The van der Waals surface area contributed by atoms with Gasteiger partial charge in [0.2, 0.25) is 0 Å². The van der Waals surface area contributed by atoms with Crippen LogP contribution >= 0.6 is 0 Å². The summed E-state index contributed by atoms with van der Waals surface area (Å²) in [6.07, 6.45) is -4.92. The van der Waals surface area contributed by atoms with E-state index in [1.54, 1.807) is 0 Å². The molecule has 1 aromatic heterocycles. The van der Waals surface area contributed by atoms with Crippen LogP contribution < -0.4 is 5.32 Å². The normalized spacial score (nSPS) is 30.0. The zero-order valence-electron chi connectivity index (χ0n) is 12.8. The van der Waals surface area contributed by atoms with Gasteiger partial charge in [-0.1, -0.05) is 20.3 Å². The number of aliphatic hydroxyl groups is 2. The van der Waals surface area contributed by atoms with E-state index in [0.29, 0.717) is 6.20 Å². The van der Waals surface area contributed by atoms with E-state index in [1.165, 1.54) is 0 Å². The SMILES string of the molecule is CCC(C)C1OCC(Nc2cncc(C(F)(F)F)n2)C(O)C1O. The van der Waals surface area contributed by atoms with Crippen LogP contribution in [-0.4, -0.2) is 51.1 Å². The molecule has 0 spiro atoms. The van der Waals surface area contributed by atoms with E-state index < -0.39 is 36.2 Å². The van der Waals surface area contributed by atoms with Crippen LogP contribution in [0.25, 0.3) is 0 Å². The molecule has 5 atom stereocenters. The molecule has 6 nitrogen and oxygen atoms in total. The number of anilines is 1. The minimum atomic E-state index is -4.60. The van der Waals surface area contributed by atoms with Gasteiger partial charge in [0.15, 0.2) is 5.69 Å². The molecule has 0 saturated carbocycles. The number of hydrogen-bond acceptors (Lipinski definition) is 6. The van der Waals surface area contributed by atoms with E-state index in [1.807, 2.05) is 13.8 Å². The van der Waals surface area contributed by atoms with Crippen molar-refractivity contribution in [2.45, 2.75) is 50.8 Å². The number of aliphatic hydroxyl groups excluding tert-OH is 2. The van der Waals surface area contributed by atoms with Gasteiger partial charge in [0.05, 0.1) is 31.1 Å². The average Bonchev–Trinajstić information content (AvgIpc) is 2.51. The van der Waals surface area contributed by atoms with Crippen molar-refractivity contribution in [3.05, 3.63) is 18.1 Å².